The van der Waals surface area contributed by atoms with E-state index in [0.717, 1.165) is 6.42 Å². The van der Waals surface area contributed by atoms with E-state index in [1.165, 1.54) is 77.0 Å². The summed E-state index contributed by atoms with van der Waals surface area (Å²) < 4.78 is 0. The maximum Gasteiger partial charge on any atom is 0.130 e. The smallest absolute Gasteiger partial charge is 0.130 e. The van der Waals surface area contributed by atoms with E-state index in [-0.39, 0.29) is 0 Å². The van der Waals surface area contributed by atoms with E-state index >= 15 is 0 Å². The van der Waals surface area contributed by atoms with Crippen LogP contribution in [0.25, 0.3) is 0 Å². The normalized spacial score (nSPS) is 12.6. The van der Waals surface area contributed by atoms with Gasteiger partial charge in [0, 0.05) is 6.42 Å². The third kappa shape index (κ3) is 15.6. The molecule has 0 aromatic heterocycles. The number of carbonyl (C=O) groups is 1. The van der Waals surface area contributed by atoms with Gasteiger partial charge in [-0.3, -0.25) is 0 Å². The van der Waals surface area contributed by atoms with Gasteiger partial charge < -0.3 is 4.79 Å². The molecule has 0 fully saturated rings. The molecular weight excluding hydrogens is 232 g/mol. The molecule has 0 aliphatic rings. The van der Waals surface area contributed by atoms with Crippen molar-refractivity contribution in [2.75, 3.05) is 0 Å². The number of carbonyl (C=O) groups excluding carboxylic acids is 1. The Labute approximate surface area is 121 Å². The second kappa shape index (κ2) is 14.1. The molecule has 1 nitrogen and oxygen atoms in total. The standard InChI is InChI=1S/C18H36O/c1-4-5-6-7-8-9-10-11-12-13-14-15-17(2)16-18(3)19/h17H,4-16H2,1-3H3. The Kier molecular flexibility index (Phi) is 13.8. The van der Waals surface area contributed by atoms with E-state index in [0.29, 0.717) is 11.7 Å². The van der Waals surface area contributed by atoms with Gasteiger partial charge in [0.1, 0.15) is 5.78 Å². The fraction of sp³-hybridized carbons (Fsp3) is 0.944. The van der Waals surface area contributed by atoms with Crippen LogP contribution in [0.15, 0.2) is 0 Å². The summed E-state index contributed by atoms with van der Waals surface area (Å²) in [4.78, 5) is 11.0. The summed E-state index contributed by atoms with van der Waals surface area (Å²) in [5, 5.41) is 0. The maximum atomic E-state index is 11.0. The first-order valence-corrected chi connectivity index (χ1v) is 8.66. The van der Waals surface area contributed by atoms with Gasteiger partial charge in [-0.15, -0.1) is 0 Å². The van der Waals surface area contributed by atoms with Crippen LogP contribution in [0, 0.1) is 5.92 Å². The van der Waals surface area contributed by atoms with Crippen molar-refractivity contribution in [1.82, 2.24) is 0 Å². The van der Waals surface area contributed by atoms with Gasteiger partial charge in [0.25, 0.3) is 0 Å². The molecule has 0 aromatic rings. The quantitative estimate of drug-likeness (QED) is 0.338. The van der Waals surface area contributed by atoms with Crippen molar-refractivity contribution in [1.29, 1.82) is 0 Å². The average molecular weight is 268 g/mol. The predicted octanol–water partition coefficient (Wildman–Crippen LogP) is 6.30. The number of unbranched alkanes of at least 4 members (excludes halogenated alkanes) is 10. The SMILES string of the molecule is CCCCCCCCCCCCCC(C)CC(C)=O. The first-order chi connectivity index (χ1) is 9.16. The highest BCUT2D eigenvalue weighted by Gasteiger charge is 2.04. The first kappa shape index (κ1) is 18.7. The lowest BCUT2D eigenvalue weighted by Gasteiger charge is -2.08. The lowest BCUT2D eigenvalue weighted by molar-refractivity contribution is -0.117. The highest BCUT2D eigenvalue weighted by molar-refractivity contribution is 5.75. The summed E-state index contributed by atoms with van der Waals surface area (Å²) in [7, 11) is 0. The lowest BCUT2D eigenvalue weighted by Crippen LogP contribution is -2.01. The molecule has 0 heterocycles. The van der Waals surface area contributed by atoms with Crippen molar-refractivity contribution in [2.24, 2.45) is 5.92 Å². The van der Waals surface area contributed by atoms with Crippen LogP contribution in [-0.4, -0.2) is 5.78 Å². The molecule has 1 unspecified atom stereocenters. The van der Waals surface area contributed by atoms with E-state index in [2.05, 4.69) is 13.8 Å². The summed E-state index contributed by atoms with van der Waals surface area (Å²) in [5.41, 5.74) is 0. The zero-order chi connectivity index (χ0) is 14.3. The molecule has 0 aliphatic carbocycles. The largest absolute Gasteiger partial charge is 0.300 e. The van der Waals surface area contributed by atoms with Crippen LogP contribution >= 0.6 is 0 Å². The number of ketones is 1. The summed E-state index contributed by atoms with van der Waals surface area (Å²) in [6.45, 7) is 6.19. The lowest BCUT2D eigenvalue weighted by atomic mass is 9.97. The molecule has 0 amide bonds. The van der Waals surface area contributed by atoms with Crippen LogP contribution in [0.5, 0.6) is 0 Å². The topological polar surface area (TPSA) is 17.1 Å². The summed E-state index contributed by atoms with van der Waals surface area (Å²) in [6.07, 6.45) is 17.4. The molecule has 0 spiro atoms. The second-order valence-electron chi connectivity index (χ2n) is 6.34. The van der Waals surface area contributed by atoms with Crippen molar-refractivity contribution < 1.29 is 4.79 Å². The van der Waals surface area contributed by atoms with E-state index < -0.39 is 0 Å². The zero-order valence-electron chi connectivity index (χ0n) is 13.7. The van der Waals surface area contributed by atoms with Crippen LogP contribution < -0.4 is 0 Å². The van der Waals surface area contributed by atoms with Crippen molar-refractivity contribution in [3.05, 3.63) is 0 Å². The summed E-state index contributed by atoms with van der Waals surface area (Å²) in [6, 6.07) is 0. The number of Topliss-reactive ketones (excluding diaryl/α,β-unsaturated/α-hetero) is 1. The Bertz CT molecular complexity index is 198. The molecular formula is C18H36O. The van der Waals surface area contributed by atoms with Crippen LogP contribution in [0.1, 0.15) is 104 Å². The Hall–Kier alpha value is -0.330. The Balaban J connectivity index is 3.08. The third-order valence-corrected chi connectivity index (χ3v) is 3.94. The van der Waals surface area contributed by atoms with Crippen LogP contribution in [0.3, 0.4) is 0 Å². The van der Waals surface area contributed by atoms with Gasteiger partial charge in [0.2, 0.25) is 0 Å². The minimum Gasteiger partial charge on any atom is -0.300 e. The molecule has 0 saturated heterocycles. The summed E-state index contributed by atoms with van der Waals surface area (Å²) >= 11 is 0. The van der Waals surface area contributed by atoms with Gasteiger partial charge in [-0.05, 0) is 12.8 Å². The van der Waals surface area contributed by atoms with Gasteiger partial charge >= 0.3 is 0 Å². The Morgan fingerprint density at radius 3 is 1.63 bits per heavy atom. The molecule has 0 N–H and O–H groups in total. The van der Waals surface area contributed by atoms with E-state index in [1.54, 1.807) is 6.92 Å². The van der Waals surface area contributed by atoms with Crippen molar-refractivity contribution in [3.63, 3.8) is 0 Å². The predicted molar refractivity (Wildman–Crippen MR) is 85.5 cm³/mol. The molecule has 0 saturated carbocycles. The molecule has 1 atom stereocenters. The number of rotatable bonds is 14. The average Bonchev–Trinajstić information content (AvgIpc) is 2.35. The molecule has 0 rings (SSSR count). The van der Waals surface area contributed by atoms with Gasteiger partial charge in [0.05, 0.1) is 0 Å². The van der Waals surface area contributed by atoms with E-state index in [9.17, 15) is 4.79 Å². The van der Waals surface area contributed by atoms with Gasteiger partial charge in [-0.2, -0.15) is 0 Å². The van der Waals surface area contributed by atoms with Gasteiger partial charge in [0.15, 0.2) is 0 Å². The zero-order valence-corrected chi connectivity index (χ0v) is 13.7. The molecule has 0 aliphatic heterocycles. The third-order valence-electron chi connectivity index (χ3n) is 3.94. The number of hydrogen-bond donors (Lipinski definition) is 0. The molecule has 0 aromatic carbocycles. The first-order valence-electron chi connectivity index (χ1n) is 8.66. The molecule has 0 bridgehead atoms. The van der Waals surface area contributed by atoms with Crippen molar-refractivity contribution in [3.8, 4) is 0 Å². The fourth-order valence-corrected chi connectivity index (χ4v) is 2.75. The summed E-state index contributed by atoms with van der Waals surface area (Å²) in [5.74, 6) is 0.937. The van der Waals surface area contributed by atoms with Crippen LogP contribution in [-0.2, 0) is 4.79 Å². The highest BCUT2D eigenvalue weighted by Crippen LogP contribution is 2.15. The number of hydrogen-bond acceptors (Lipinski definition) is 1. The Morgan fingerprint density at radius 1 is 0.789 bits per heavy atom. The van der Waals surface area contributed by atoms with Crippen LogP contribution in [0.2, 0.25) is 0 Å². The maximum absolute atomic E-state index is 11.0. The molecule has 1 heteroatoms. The molecule has 114 valence electrons. The Morgan fingerprint density at radius 2 is 1.21 bits per heavy atom. The van der Waals surface area contributed by atoms with Crippen LogP contribution in [0.4, 0.5) is 0 Å². The minimum atomic E-state index is 0.343. The second-order valence-corrected chi connectivity index (χ2v) is 6.34. The van der Waals surface area contributed by atoms with Gasteiger partial charge in [-0.1, -0.05) is 90.9 Å². The monoisotopic (exact) mass is 268 g/mol. The molecule has 19 heavy (non-hydrogen) atoms. The van der Waals surface area contributed by atoms with Gasteiger partial charge in [-0.25, -0.2) is 0 Å². The fourth-order valence-electron chi connectivity index (χ4n) is 2.75. The van der Waals surface area contributed by atoms with E-state index in [1.807, 2.05) is 0 Å². The van der Waals surface area contributed by atoms with Crippen molar-refractivity contribution >= 4 is 5.78 Å². The minimum absolute atomic E-state index is 0.343. The highest BCUT2D eigenvalue weighted by atomic mass is 16.1. The van der Waals surface area contributed by atoms with Crippen molar-refractivity contribution in [2.45, 2.75) is 104 Å². The van der Waals surface area contributed by atoms with E-state index in [4.69, 9.17) is 0 Å². The molecule has 0 radical (unpaired) electrons.